The highest BCUT2D eigenvalue weighted by molar-refractivity contribution is 5.80. The SMILES string of the molecule is CC1CNCC1C(=O)NC(C)(CO)c1ccccc1. The van der Waals surface area contributed by atoms with Gasteiger partial charge in [-0.05, 0) is 24.9 Å². The zero-order valence-corrected chi connectivity index (χ0v) is 11.5. The van der Waals surface area contributed by atoms with Crippen molar-refractivity contribution in [3.63, 3.8) is 0 Å². The van der Waals surface area contributed by atoms with Gasteiger partial charge in [-0.15, -0.1) is 0 Å². The molecule has 0 aliphatic carbocycles. The molecule has 0 aromatic heterocycles. The predicted molar refractivity (Wildman–Crippen MR) is 74.5 cm³/mol. The topological polar surface area (TPSA) is 61.4 Å². The van der Waals surface area contributed by atoms with Crippen LogP contribution in [-0.4, -0.2) is 30.7 Å². The molecule has 1 aromatic rings. The zero-order valence-electron chi connectivity index (χ0n) is 11.5. The first-order valence-electron chi connectivity index (χ1n) is 6.76. The Bertz CT molecular complexity index is 435. The largest absolute Gasteiger partial charge is 0.394 e. The van der Waals surface area contributed by atoms with Crippen molar-refractivity contribution in [2.75, 3.05) is 19.7 Å². The summed E-state index contributed by atoms with van der Waals surface area (Å²) in [6, 6.07) is 9.59. The van der Waals surface area contributed by atoms with Gasteiger partial charge in [0.05, 0.1) is 18.1 Å². The molecule has 1 heterocycles. The molecule has 2 rings (SSSR count). The summed E-state index contributed by atoms with van der Waals surface area (Å²) in [5.41, 5.74) is 0.199. The maximum Gasteiger partial charge on any atom is 0.225 e. The van der Waals surface area contributed by atoms with Crippen LogP contribution in [-0.2, 0) is 10.3 Å². The lowest BCUT2D eigenvalue weighted by atomic mass is 9.90. The summed E-state index contributed by atoms with van der Waals surface area (Å²) in [5.74, 6) is 0.325. The Morgan fingerprint density at radius 3 is 2.63 bits per heavy atom. The number of hydrogen-bond acceptors (Lipinski definition) is 3. The number of rotatable bonds is 4. The van der Waals surface area contributed by atoms with Crippen LogP contribution >= 0.6 is 0 Å². The summed E-state index contributed by atoms with van der Waals surface area (Å²) in [6.07, 6.45) is 0. The van der Waals surface area contributed by atoms with Crippen molar-refractivity contribution in [3.8, 4) is 0 Å². The van der Waals surface area contributed by atoms with E-state index in [9.17, 15) is 9.90 Å². The molecule has 1 saturated heterocycles. The van der Waals surface area contributed by atoms with Crippen LogP contribution in [0.25, 0.3) is 0 Å². The molecule has 1 aliphatic rings. The van der Waals surface area contributed by atoms with E-state index in [2.05, 4.69) is 17.6 Å². The molecule has 0 spiro atoms. The van der Waals surface area contributed by atoms with E-state index in [1.807, 2.05) is 37.3 Å². The molecule has 4 heteroatoms. The third-order valence-corrected chi connectivity index (χ3v) is 3.98. The second-order valence-electron chi connectivity index (χ2n) is 5.59. The van der Waals surface area contributed by atoms with Gasteiger partial charge in [0.1, 0.15) is 0 Å². The monoisotopic (exact) mass is 262 g/mol. The van der Waals surface area contributed by atoms with Gasteiger partial charge in [0.25, 0.3) is 0 Å². The van der Waals surface area contributed by atoms with Crippen LogP contribution in [0.5, 0.6) is 0 Å². The predicted octanol–water partition coefficient (Wildman–Crippen LogP) is 0.866. The van der Waals surface area contributed by atoms with Gasteiger partial charge in [-0.25, -0.2) is 0 Å². The third kappa shape index (κ3) is 2.96. The zero-order chi connectivity index (χ0) is 13.9. The summed E-state index contributed by atoms with van der Waals surface area (Å²) in [5, 5.41) is 15.9. The van der Waals surface area contributed by atoms with E-state index in [0.29, 0.717) is 12.5 Å². The summed E-state index contributed by atoms with van der Waals surface area (Å²) >= 11 is 0. The first kappa shape index (κ1) is 14.0. The van der Waals surface area contributed by atoms with Gasteiger partial charge in [0.15, 0.2) is 0 Å². The van der Waals surface area contributed by atoms with E-state index in [1.54, 1.807) is 0 Å². The van der Waals surface area contributed by atoms with Crippen molar-refractivity contribution in [2.45, 2.75) is 19.4 Å². The first-order valence-corrected chi connectivity index (χ1v) is 6.76. The van der Waals surface area contributed by atoms with Crippen LogP contribution in [0.3, 0.4) is 0 Å². The van der Waals surface area contributed by atoms with Gasteiger partial charge in [-0.1, -0.05) is 37.3 Å². The minimum Gasteiger partial charge on any atom is -0.394 e. The van der Waals surface area contributed by atoms with Crippen LogP contribution in [0.4, 0.5) is 0 Å². The lowest BCUT2D eigenvalue weighted by Crippen LogP contribution is -2.49. The molecular formula is C15H22N2O2. The maximum absolute atomic E-state index is 12.3. The molecule has 4 nitrogen and oxygen atoms in total. The highest BCUT2D eigenvalue weighted by atomic mass is 16.3. The minimum absolute atomic E-state index is 0.0119. The van der Waals surface area contributed by atoms with Gasteiger partial charge in [-0.2, -0.15) is 0 Å². The molecule has 3 atom stereocenters. The van der Waals surface area contributed by atoms with Crippen LogP contribution in [0.2, 0.25) is 0 Å². The molecule has 104 valence electrons. The van der Waals surface area contributed by atoms with Crippen LogP contribution in [0.1, 0.15) is 19.4 Å². The molecule has 1 fully saturated rings. The summed E-state index contributed by atoms with van der Waals surface area (Å²) < 4.78 is 0. The standard InChI is InChI=1S/C15H22N2O2/c1-11-8-16-9-13(11)14(19)17-15(2,10-18)12-6-4-3-5-7-12/h3-7,11,13,16,18H,8-10H2,1-2H3,(H,17,19). The Hall–Kier alpha value is -1.39. The van der Waals surface area contributed by atoms with Crippen molar-refractivity contribution < 1.29 is 9.90 Å². The fourth-order valence-electron chi connectivity index (χ4n) is 2.53. The number of aliphatic hydroxyl groups excluding tert-OH is 1. The normalized spacial score (nSPS) is 25.8. The molecular weight excluding hydrogens is 240 g/mol. The Kier molecular flexibility index (Phi) is 4.22. The Morgan fingerprint density at radius 1 is 1.42 bits per heavy atom. The molecule has 3 N–H and O–H groups in total. The van der Waals surface area contributed by atoms with E-state index in [0.717, 1.165) is 12.1 Å². The number of benzene rings is 1. The highest BCUT2D eigenvalue weighted by Crippen LogP contribution is 2.23. The summed E-state index contributed by atoms with van der Waals surface area (Å²) in [4.78, 5) is 12.3. The number of carbonyl (C=O) groups excluding carboxylic acids is 1. The number of amides is 1. The average molecular weight is 262 g/mol. The van der Waals surface area contributed by atoms with Crippen molar-refractivity contribution in [2.24, 2.45) is 11.8 Å². The van der Waals surface area contributed by atoms with E-state index in [4.69, 9.17) is 0 Å². The molecule has 19 heavy (non-hydrogen) atoms. The van der Waals surface area contributed by atoms with Crippen molar-refractivity contribution in [1.82, 2.24) is 10.6 Å². The molecule has 0 bridgehead atoms. The minimum atomic E-state index is -0.722. The lowest BCUT2D eigenvalue weighted by molar-refractivity contribution is -0.127. The smallest absolute Gasteiger partial charge is 0.225 e. The van der Waals surface area contributed by atoms with Crippen LogP contribution < -0.4 is 10.6 Å². The third-order valence-electron chi connectivity index (χ3n) is 3.98. The molecule has 0 saturated carbocycles. The molecule has 1 aliphatic heterocycles. The second kappa shape index (κ2) is 5.72. The molecule has 3 unspecified atom stereocenters. The van der Waals surface area contributed by atoms with Gasteiger partial charge < -0.3 is 15.7 Å². The Morgan fingerprint density at radius 2 is 2.11 bits per heavy atom. The van der Waals surface area contributed by atoms with Gasteiger partial charge in [0.2, 0.25) is 5.91 Å². The second-order valence-corrected chi connectivity index (χ2v) is 5.59. The van der Waals surface area contributed by atoms with E-state index in [-0.39, 0.29) is 18.4 Å². The Balaban J connectivity index is 2.12. The molecule has 1 amide bonds. The van der Waals surface area contributed by atoms with E-state index >= 15 is 0 Å². The van der Waals surface area contributed by atoms with Gasteiger partial charge >= 0.3 is 0 Å². The highest BCUT2D eigenvalue weighted by Gasteiger charge is 2.35. The fourth-order valence-corrected chi connectivity index (χ4v) is 2.53. The number of nitrogens with one attached hydrogen (secondary N) is 2. The van der Waals surface area contributed by atoms with E-state index in [1.165, 1.54) is 0 Å². The number of carbonyl (C=O) groups is 1. The van der Waals surface area contributed by atoms with Crippen LogP contribution in [0, 0.1) is 11.8 Å². The van der Waals surface area contributed by atoms with Crippen molar-refractivity contribution in [3.05, 3.63) is 35.9 Å². The molecule has 1 aromatic carbocycles. The summed E-state index contributed by atoms with van der Waals surface area (Å²) in [7, 11) is 0. The van der Waals surface area contributed by atoms with Crippen molar-refractivity contribution in [1.29, 1.82) is 0 Å². The van der Waals surface area contributed by atoms with Gasteiger partial charge in [-0.3, -0.25) is 4.79 Å². The number of aliphatic hydroxyl groups is 1. The summed E-state index contributed by atoms with van der Waals surface area (Å²) in [6.45, 7) is 5.40. The molecule has 0 radical (unpaired) electrons. The van der Waals surface area contributed by atoms with Crippen LogP contribution in [0.15, 0.2) is 30.3 Å². The number of hydrogen-bond donors (Lipinski definition) is 3. The average Bonchev–Trinajstić information content (AvgIpc) is 2.86. The first-order chi connectivity index (χ1) is 9.07. The maximum atomic E-state index is 12.3. The van der Waals surface area contributed by atoms with Crippen molar-refractivity contribution >= 4 is 5.91 Å². The van der Waals surface area contributed by atoms with Gasteiger partial charge in [0, 0.05) is 6.54 Å². The fraction of sp³-hybridized carbons (Fsp3) is 0.533. The lowest BCUT2D eigenvalue weighted by Gasteiger charge is -2.31. The Labute approximate surface area is 114 Å². The quantitative estimate of drug-likeness (QED) is 0.754. The van der Waals surface area contributed by atoms with E-state index < -0.39 is 5.54 Å².